The number of carbonyl (C=O) groups is 2. The molecule has 31 heavy (non-hydrogen) atoms. The van der Waals surface area contributed by atoms with Crippen molar-refractivity contribution in [2.24, 2.45) is 11.8 Å². The van der Waals surface area contributed by atoms with Gasteiger partial charge >= 0.3 is 0 Å². The summed E-state index contributed by atoms with van der Waals surface area (Å²) < 4.78 is 5.42. The molecule has 2 amide bonds. The van der Waals surface area contributed by atoms with Gasteiger partial charge in [0.05, 0.1) is 24.3 Å². The Balaban J connectivity index is 1.50. The van der Waals surface area contributed by atoms with Crippen molar-refractivity contribution in [3.8, 4) is 0 Å². The van der Waals surface area contributed by atoms with Crippen molar-refractivity contribution in [3.63, 3.8) is 0 Å². The Kier molecular flexibility index (Phi) is 6.86. The topological polar surface area (TPSA) is 71.5 Å². The molecule has 4 rings (SSSR count). The van der Waals surface area contributed by atoms with Gasteiger partial charge in [0.2, 0.25) is 5.91 Å². The number of carbonyl (C=O) groups excluding carboxylic acids is 2. The fourth-order valence-electron chi connectivity index (χ4n) is 4.63. The number of amides is 2. The summed E-state index contributed by atoms with van der Waals surface area (Å²) in [5, 5.41) is 4.00. The molecule has 6 nitrogen and oxygen atoms in total. The summed E-state index contributed by atoms with van der Waals surface area (Å²) >= 11 is 0. The Labute approximate surface area is 184 Å². The summed E-state index contributed by atoms with van der Waals surface area (Å²) in [6.07, 6.45) is 4.23. The van der Waals surface area contributed by atoms with E-state index >= 15 is 0 Å². The minimum atomic E-state index is 0.0283. The van der Waals surface area contributed by atoms with Crippen LogP contribution in [0.4, 0.5) is 0 Å². The number of rotatable bonds is 5. The van der Waals surface area contributed by atoms with Crippen molar-refractivity contribution in [1.29, 1.82) is 0 Å². The Morgan fingerprint density at radius 1 is 1.13 bits per heavy atom. The summed E-state index contributed by atoms with van der Waals surface area (Å²) in [6, 6.07) is 9.98. The van der Waals surface area contributed by atoms with Crippen molar-refractivity contribution in [2.45, 2.75) is 45.4 Å². The molecule has 6 heteroatoms. The molecular formula is C25H33N3O3. The summed E-state index contributed by atoms with van der Waals surface area (Å²) in [4.78, 5) is 32.0. The van der Waals surface area contributed by atoms with Gasteiger partial charge in [0.15, 0.2) is 0 Å². The van der Waals surface area contributed by atoms with Gasteiger partial charge < -0.3 is 15.0 Å². The molecule has 2 fully saturated rings. The number of hydrogen-bond donors (Lipinski definition) is 1. The largest absolute Gasteiger partial charge is 0.378 e. The van der Waals surface area contributed by atoms with Gasteiger partial charge in [-0.3, -0.25) is 14.6 Å². The zero-order valence-corrected chi connectivity index (χ0v) is 18.6. The quantitative estimate of drug-likeness (QED) is 0.795. The van der Waals surface area contributed by atoms with E-state index in [2.05, 4.69) is 5.32 Å². The SMILES string of the molecule is CC(C)C(=O)NCC1CCC(c2cc(C(=O)N3CCOCC3)c3ccccc3n2)CC1. The van der Waals surface area contributed by atoms with E-state index in [1.165, 1.54) is 0 Å². The van der Waals surface area contributed by atoms with E-state index < -0.39 is 0 Å². The van der Waals surface area contributed by atoms with E-state index in [0.717, 1.165) is 54.4 Å². The lowest BCUT2D eigenvalue weighted by Crippen LogP contribution is -2.40. The van der Waals surface area contributed by atoms with Gasteiger partial charge in [-0.15, -0.1) is 0 Å². The van der Waals surface area contributed by atoms with Crippen molar-refractivity contribution in [1.82, 2.24) is 15.2 Å². The van der Waals surface area contributed by atoms with Gasteiger partial charge in [0.1, 0.15) is 0 Å². The number of nitrogens with zero attached hydrogens (tertiary/aromatic N) is 2. The molecule has 1 saturated carbocycles. The molecule has 2 heterocycles. The van der Waals surface area contributed by atoms with Crippen molar-refractivity contribution < 1.29 is 14.3 Å². The standard InChI is InChI=1S/C25H33N3O3/c1-17(2)24(29)26-16-18-7-9-19(10-8-18)23-15-21(20-5-3-4-6-22(20)27-23)25(30)28-11-13-31-14-12-28/h3-6,15,17-19H,7-14,16H2,1-2H3,(H,26,29). The van der Waals surface area contributed by atoms with Crippen LogP contribution in [0.25, 0.3) is 10.9 Å². The zero-order valence-electron chi connectivity index (χ0n) is 18.6. The molecule has 2 aromatic rings. The van der Waals surface area contributed by atoms with Crippen LogP contribution in [-0.2, 0) is 9.53 Å². The molecule has 0 bridgehead atoms. The molecule has 0 atom stereocenters. The lowest BCUT2D eigenvalue weighted by atomic mass is 9.80. The third kappa shape index (κ3) is 5.06. The maximum absolute atomic E-state index is 13.3. The first kappa shape index (κ1) is 21.8. The molecule has 0 spiro atoms. The number of fused-ring (bicyclic) bond motifs is 1. The van der Waals surface area contributed by atoms with Crippen LogP contribution >= 0.6 is 0 Å². The summed E-state index contributed by atoms with van der Waals surface area (Å²) in [5.41, 5.74) is 2.68. The van der Waals surface area contributed by atoms with E-state index in [9.17, 15) is 9.59 Å². The number of benzene rings is 1. The third-order valence-corrected chi connectivity index (χ3v) is 6.62. The second-order valence-electron chi connectivity index (χ2n) is 9.13. The monoisotopic (exact) mass is 423 g/mol. The van der Waals surface area contributed by atoms with Crippen LogP contribution in [0, 0.1) is 11.8 Å². The van der Waals surface area contributed by atoms with Crippen LogP contribution in [0.1, 0.15) is 61.5 Å². The van der Waals surface area contributed by atoms with Crippen LogP contribution in [0.15, 0.2) is 30.3 Å². The molecule has 1 aliphatic carbocycles. The van der Waals surface area contributed by atoms with Crippen LogP contribution in [-0.4, -0.2) is 54.5 Å². The van der Waals surface area contributed by atoms with E-state index in [4.69, 9.17) is 9.72 Å². The van der Waals surface area contributed by atoms with E-state index in [1.807, 2.05) is 49.1 Å². The average Bonchev–Trinajstić information content (AvgIpc) is 2.82. The Morgan fingerprint density at radius 2 is 1.84 bits per heavy atom. The fourth-order valence-corrected chi connectivity index (χ4v) is 4.63. The van der Waals surface area contributed by atoms with Gasteiger partial charge in [0.25, 0.3) is 5.91 Å². The third-order valence-electron chi connectivity index (χ3n) is 6.62. The number of ether oxygens (including phenoxy) is 1. The number of aromatic nitrogens is 1. The Hall–Kier alpha value is -2.47. The van der Waals surface area contributed by atoms with Crippen LogP contribution in [0.5, 0.6) is 0 Å². The molecule has 1 saturated heterocycles. The predicted molar refractivity (Wildman–Crippen MR) is 121 cm³/mol. The second-order valence-corrected chi connectivity index (χ2v) is 9.13. The molecule has 0 unspecified atom stereocenters. The second kappa shape index (κ2) is 9.77. The lowest BCUT2D eigenvalue weighted by molar-refractivity contribution is -0.124. The highest BCUT2D eigenvalue weighted by atomic mass is 16.5. The van der Waals surface area contributed by atoms with E-state index in [1.54, 1.807) is 0 Å². The Bertz CT molecular complexity index is 929. The smallest absolute Gasteiger partial charge is 0.254 e. The molecule has 1 aromatic heterocycles. The van der Waals surface area contributed by atoms with Gasteiger partial charge in [0, 0.05) is 42.6 Å². The van der Waals surface area contributed by atoms with Crippen molar-refractivity contribution >= 4 is 22.7 Å². The summed E-state index contributed by atoms with van der Waals surface area (Å²) in [5.74, 6) is 1.12. The minimum Gasteiger partial charge on any atom is -0.378 e. The van der Waals surface area contributed by atoms with Gasteiger partial charge in [-0.25, -0.2) is 0 Å². The van der Waals surface area contributed by atoms with Crippen molar-refractivity contribution in [2.75, 3.05) is 32.8 Å². The highest BCUT2D eigenvalue weighted by molar-refractivity contribution is 6.06. The molecule has 2 aliphatic rings. The molecule has 1 aliphatic heterocycles. The van der Waals surface area contributed by atoms with Crippen LogP contribution in [0.2, 0.25) is 0 Å². The maximum atomic E-state index is 13.3. The first-order valence-electron chi connectivity index (χ1n) is 11.6. The van der Waals surface area contributed by atoms with Crippen LogP contribution < -0.4 is 5.32 Å². The number of pyridine rings is 1. The Morgan fingerprint density at radius 3 is 2.55 bits per heavy atom. The highest BCUT2D eigenvalue weighted by Crippen LogP contribution is 2.36. The number of hydrogen-bond acceptors (Lipinski definition) is 4. The normalized spacial score (nSPS) is 22.0. The highest BCUT2D eigenvalue weighted by Gasteiger charge is 2.27. The summed E-state index contributed by atoms with van der Waals surface area (Å²) in [6.45, 7) is 7.07. The van der Waals surface area contributed by atoms with Crippen molar-refractivity contribution in [3.05, 3.63) is 41.6 Å². The van der Waals surface area contributed by atoms with Gasteiger partial charge in [-0.2, -0.15) is 0 Å². The van der Waals surface area contributed by atoms with Gasteiger partial charge in [-0.1, -0.05) is 32.0 Å². The van der Waals surface area contributed by atoms with Crippen LogP contribution in [0.3, 0.4) is 0 Å². The zero-order chi connectivity index (χ0) is 21.8. The molecule has 1 N–H and O–H groups in total. The molecule has 1 aromatic carbocycles. The average molecular weight is 424 g/mol. The lowest BCUT2D eigenvalue weighted by Gasteiger charge is -2.30. The first-order chi connectivity index (χ1) is 15.0. The maximum Gasteiger partial charge on any atom is 0.254 e. The van der Waals surface area contributed by atoms with Gasteiger partial charge in [-0.05, 0) is 43.7 Å². The number of para-hydroxylation sites is 1. The summed E-state index contributed by atoms with van der Waals surface area (Å²) in [7, 11) is 0. The predicted octanol–water partition coefficient (Wildman–Crippen LogP) is 3.75. The molecular weight excluding hydrogens is 390 g/mol. The van der Waals surface area contributed by atoms with E-state index in [-0.39, 0.29) is 17.7 Å². The number of morpholine rings is 1. The fraction of sp³-hybridized carbons (Fsp3) is 0.560. The first-order valence-corrected chi connectivity index (χ1v) is 11.6. The van der Waals surface area contributed by atoms with E-state index in [0.29, 0.717) is 38.1 Å². The number of nitrogens with one attached hydrogen (secondary N) is 1. The molecule has 0 radical (unpaired) electrons. The molecule has 166 valence electrons. The minimum absolute atomic E-state index is 0.0283.